The lowest BCUT2D eigenvalue weighted by Gasteiger charge is -2.12. The molecule has 0 atom stereocenters. The Kier molecular flexibility index (Phi) is 7.31. The summed E-state index contributed by atoms with van der Waals surface area (Å²) in [6.45, 7) is 3.77. The first-order valence-electron chi connectivity index (χ1n) is 6.86. The second kappa shape index (κ2) is 9.02. The lowest BCUT2D eigenvalue weighted by Crippen LogP contribution is -2.11. The molecule has 0 saturated heterocycles. The van der Waals surface area contributed by atoms with Gasteiger partial charge in [0.2, 0.25) is 0 Å². The van der Waals surface area contributed by atoms with E-state index in [2.05, 4.69) is 12.2 Å². The zero-order chi connectivity index (χ0) is 15.7. The average Bonchev–Trinajstić information content (AvgIpc) is 2.49. The van der Waals surface area contributed by atoms with E-state index in [0.29, 0.717) is 36.9 Å². The number of unbranched alkanes of at least 4 members (excludes halogenated alkanes) is 1. The van der Waals surface area contributed by atoms with Gasteiger partial charge in [0.1, 0.15) is 5.69 Å². The Morgan fingerprint density at radius 3 is 2.43 bits per heavy atom. The predicted octanol–water partition coefficient (Wildman–Crippen LogP) is 2.84. The van der Waals surface area contributed by atoms with Crippen LogP contribution in [-0.4, -0.2) is 38.9 Å². The molecular weight excluding hydrogens is 276 g/mol. The van der Waals surface area contributed by atoms with E-state index < -0.39 is 4.92 Å². The molecule has 0 bridgehead atoms. The van der Waals surface area contributed by atoms with Crippen LogP contribution in [0, 0.1) is 10.1 Å². The van der Waals surface area contributed by atoms with Crippen molar-refractivity contribution in [2.24, 2.45) is 0 Å². The molecule has 7 nitrogen and oxygen atoms in total. The minimum absolute atomic E-state index is 0.0544. The second-order valence-electron chi connectivity index (χ2n) is 4.37. The van der Waals surface area contributed by atoms with Gasteiger partial charge in [-0.3, -0.25) is 10.1 Å². The third-order valence-electron chi connectivity index (χ3n) is 2.90. The number of ether oxygens (including phenoxy) is 3. The zero-order valence-corrected chi connectivity index (χ0v) is 12.7. The lowest BCUT2D eigenvalue weighted by atomic mass is 10.2. The van der Waals surface area contributed by atoms with Gasteiger partial charge in [-0.25, -0.2) is 0 Å². The molecule has 21 heavy (non-hydrogen) atoms. The summed E-state index contributed by atoms with van der Waals surface area (Å²) < 4.78 is 15.6. The Morgan fingerprint density at radius 2 is 1.86 bits per heavy atom. The molecule has 0 saturated carbocycles. The van der Waals surface area contributed by atoms with Gasteiger partial charge in [-0.2, -0.15) is 0 Å². The predicted molar refractivity (Wildman–Crippen MR) is 80.4 cm³/mol. The van der Waals surface area contributed by atoms with Crippen LogP contribution in [0.1, 0.15) is 19.8 Å². The summed E-state index contributed by atoms with van der Waals surface area (Å²) in [5.41, 5.74) is 0.331. The third kappa shape index (κ3) is 5.11. The number of nitrogens with one attached hydrogen (secondary N) is 1. The van der Waals surface area contributed by atoms with E-state index >= 15 is 0 Å². The standard InChI is InChI=1S/C14H22N2O5/c1-4-5-7-21-8-6-15-11-9-13(19-2)14(20-3)10-12(11)16(17)18/h9-10,15H,4-8H2,1-3H3. The molecule has 0 heterocycles. The molecule has 0 aliphatic heterocycles. The van der Waals surface area contributed by atoms with Gasteiger partial charge in [-0.1, -0.05) is 13.3 Å². The molecule has 1 N–H and O–H groups in total. The first-order valence-corrected chi connectivity index (χ1v) is 6.86. The second-order valence-corrected chi connectivity index (χ2v) is 4.37. The molecular formula is C14H22N2O5. The van der Waals surface area contributed by atoms with Crippen LogP contribution in [0.25, 0.3) is 0 Å². The first kappa shape index (κ1) is 17.0. The van der Waals surface area contributed by atoms with Crippen molar-refractivity contribution in [3.05, 3.63) is 22.2 Å². The van der Waals surface area contributed by atoms with Crippen molar-refractivity contribution >= 4 is 11.4 Å². The Morgan fingerprint density at radius 1 is 1.19 bits per heavy atom. The van der Waals surface area contributed by atoms with Gasteiger partial charge in [0.15, 0.2) is 11.5 Å². The number of hydrogen-bond donors (Lipinski definition) is 1. The quantitative estimate of drug-likeness (QED) is 0.406. The number of methoxy groups -OCH3 is 2. The van der Waals surface area contributed by atoms with Gasteiger partial charge in [0, 0.05) is 19.2 Å². The van der Waals surface area contributed by atoms with E-state index in [1.165, 1.54) is 20.3 Å². The van der Waals surface area contributed by atoms with Crippen LogP contribution in [0.3, 0.4) is 0 Å². The molecule has 0 amide bonds. The Hall–Kier alpha value is -2.02. The van der Waals surface area contributed by atoms with Crippen molar-refractivity contribution in [1.29, 1.82) is 0 Å². The van der Waals surface area contributed by atoms with Crippen molar-refractivity contribution in [1.82, 2.24) is 0 Å². The van der Waals surface area contributed by atoms with E-state index in [4.69, 9.17) is 14.2 Å². The van der Waals surface area contributed by atoms with E-state index in [9.17, 15) is 10.1 Å². The van der Waals surface area contributed by atoms with E-state index in [1.54, 1.807) is 6.07 Å². The number of nitro benzene ring substituents is 1. The fraction of sp³-hybridized carbons (Fsp3) is 0.571. The molecule has 0 aliphatic rings. The van der Waals surface area contributed by atoms with Gasteiger partial charge in [-0.05, 0) is 6.42 Å². The van der Waals surface area contributed by atoms with E-state index in [0.717, 1.165) is 12.8 Å². The smallest absolute Gasteiger partial charge is 0.296 e. The van der Waals surface area contributed by atoms with Crippen LogP contribution in [0.2, 0.25) is 0 Å². The highest BCUT2D eigenvalue weighted by Gasteiger charge is 2.19. The average molecular weight is 298 g/mol. The monoisotopic (exact) mass is 298 g/mol. The number of hydrogen-bond acceptors (Lipinski definition) is 6. The maximum atomic E-state index is 11.1. The minimum atomic E-state index is -0.456. The Balaban J connectivity index is 2.72. The lowest BCUT2D eigenvalue weighted by molar-refractivity contribution is -0.384. The molecule has 0 radical (unpaired) electrons. The van der Waals surface area contributed by atoms with Crippen LogP contribution < -0.4 is 14.8 Å². The summed E-state index contributed by atoms with van der Waals surface area (Å²) in [5.74, 6) is 0.770. The molecule has 0 spiro atoms. The number of nitrogens with zero attached hydrogens (tertiary/aromatic N) is 1. The largest absolute Gasteiger partial charge is 0.493 e. The number of rotatable bonds is 10. The van der Waals surface area contributed by atoms with Gasteiger partial charge in [0.25, 0.3) is 5.69 Å². The van der Waals surface area contributed by atoms with Gasteiger partial charge in [-0.15, -0.1) is 0 Å². The molecule has 0 aromatic heterocycles. The summed E-state index contributed by atoms with van der Waals surface area (Å²) in [5, 5.41) is 14.1. The maximum Gasteiger partial charge on any atom is 0.296 e. The normalized spacial score (nSPS) is 10.2. The van der Waals surface area contributed by atoms with E-state index in [1.807, 2.05) is 0 Å². The summed E-state index contributed by atoms with van der Waals surface area (Å²) in [6.07, 6.45) is 2.09. The molecule has 0 fully saturated rings. The molecule has 1 aromatic rings. The molecule has 7 heteroatoms. The fourth-order valence-corrected chi connectivity index (χ4v) is 1.77. The molecule has 0 unspecified atom stereocenters. The summed E-state index contributed by atoms with van der Waals surface area (Å²) in [7, 11) is 2.93. The zero-order valence-electron chi connectivity index (χ0n) is 12.7. The molecule has 1 rings (SSSR count). The maximum absolute atomic E-state index is 11.1. The number of nitro groups is 1. The fourth-order valence-electron chi connectivity index (χ4n) is 1.77. The van der Waals surface area contributed by atoms with Gasteiger partial charge < -0.3 is 19.5 Å². The van der Waals surface area contributed by atoms with Crippen molar-refractivity contribution in [3.8, 4) is 11.5 Å². The first-order chi connectivity index (χ1) is 10.1. The van der Waals surface area contributed by atoms with E-state index in [-0.39, 0.29) is 5.69 Å². The van der Waals surface area contributed by atoms with Crippen molar-refractivity contribution in [3.63, 3.8) is 0 Å². The van der Waals surface area contributed by atoms with Crippen molar-refractivity contribution < 1.29 is 19.1 Å². The van der Waals surface area contributed by atoms with Gasteiger partial charge in [0.05, 0.1) is 31.8 Å². The molecule has 118 valence electrons. The van der Waals surface area contributed by atoms with Crippen LogP contribution in [0.4, 0.5) is 11.4 Å². The van der Waals surface area contributed by atoms with Crippen LogP contribution in [0.5, 0.6) is 11.5 Å². The summed E-state index contributed by atoms with van der Waals surface area (Å²) >= 11 is 0. The Bertz CT molecular complexity index is 465. The number of anilines is 1. The highest BCUT2D eigenvalue weighted by atomic mass is 16.6. The molecule has 0 aliphatic carbocycles. The highest BCUT2D eigenvalue weighted by molar-refractivity contribution is 5.68. The molecule has 1 aromatic carbocycles. The van der Waals surface area contributed by atoms with Crippen molar-refractivity contribution in [2.75, 3.05) is 39.3 Å². The van der Waals surface area contributed by atoms with Gasteiger partial charge >= 0.3 is 0 Å². The highest BCUT2D eigenvalue weighted by Crippen LogP contribution is 2.37. The van der Waals surface area contributed by atoms with Crippen LogP contribution >= 0.6 is 0 Å². The number of benzene rings is 1. The Labute approximate surface area is 124 Å². The third-order valence-corrected chi connectivity index (χ3v) is 2.90. The topological polar surface area (TPSA) is 82.9 Å². The van der Waals surface area contributed by atoms with Crippen LogP contribution in [-0.2, 0) is 4.74 Å². The summed E-state index contributed by atoms with van der Waals surface area (Å²) in [4.78, 5) is 10.6. The van der Waals surface area contributed by atoms with Crippen LogP contribution in [0.15, 0.2) is 12.1 Å². The summed E-state index contributed by atoms with van der Waals surface area (Å²) in [6, 6.07) is 2.90. The SMILES string of the molecule is CCCCOCCNc1cc(OC)c(OC)cc1[N+](=O)[O-]. The van der Waals surface area contributed by atoms with Crippen molar-refractivity contribution in [2.45, 2.75) is 19.8 Å². The minimum Gasteiger partial charge on any atom is -0.493 e.